The van der Waals surface area contributed by atoms with Crippen LogP contribution >= 0.6 is 0 Å². The largest absolute Gasteiger partial charge is 0.318 e. The molecule has 0 rings (SSSR count). The molecule has 8 heavy (non-hydrogen) atoms. The summed E-state index contributed by atoms with van der Waals surface area (Å²) < 4.78 is 0. The van der Waals surface area contributed by atoms with Gasteiger partial charge in [-0.2, -0.15) is 0 Å². The molecule has 0 aromatic rings. The predicted molar refractivity (Wildman–Crippen MR) is 35.6 cm³/mol. The van der Waals surface area contributed by atoms with E-state index in [4.69, 9.17) is 6.42 Å². The van der Waals surface area contributed by atoms with Crippen LogP contribution < -0.4 is 10.6 Å². The third-order valence-electron chi connectivity index (χ3n) is 0.779. The Balaban J connectivity index is 2.65. The second-order valence-corrected chi connectivity index (χ2v) is 1.48. The molecule has 0 aliphatic rings. The first kappa shape index (κ1) is 7.48. The lowest BCUT2D eigenvalue weighted by molar-refractivity contribution is 0.695. The van der Waals surface area contributed by atoms with Crippen molar-refractivity contribution in [2.75, 3.05) is 26.7 Å². The molecule has 0 unspecified atom stereocenters. The first-order valence-corrected chi connectivity index (χ1v) is 2.70. The molecular formula is C6H12N2. The number of likely N-dealkylation sites (N-methyl/N-ethyl adjacent to an activating group) is 1. The summed E-state index contributed by atoms with van der Waals surface area (Å²) in [4.78, 5) is 0. The van der Waals surface area contributed by atoms with Gasteiger partial charge in [-0.15, -0.1) is 6.42 Å². The van der Waals surface area contributed by atoms with Crippen LogP contribution in [-0.2, 0) is 0 Å². The van der Waals surface area contributed by atoms with Gasteiger partial charge in [0.05, 0.1) is 6.54 Å². The Morgan fingerprint density at radius 2 is 2.25 bits per heavy atom. The Kier molecular flexibility index (Phi) is 6.06. The van der Waals surface area contributed by atoms with Crippen molar-refractivity contribution in [1.29, 1.82) is 0 Å². The molecule has 2 N–H and O–H groups in total. The molecule has 0 bridgehead atoms. The van der Waals surface area contributed by atoms with E-state index >= 15 is 0 Å². The summed E-state index contributed by atoms with van der Waals surface area (Å²) in [5, 5.41) is 6.03. The van der Waals surface area contributed by atoms with Gasteiger partial charge in [0.1, 0.15) is 0 Å². The Hall–Kier alpha value is -0.520. The van der Waals surface area contributed by atoms with Gasteiger partial charge in [-0.1, -0.05) is 5.92 Å². The predicted octanol–water partition coefficient (Wildman–Crippen LogP) is -0.571. The Morgan fingerprint density at radius 3 is 2.75 bits per heavy atom. The van der Waals surface area contributed by atoms with Crippen LogP contribution in [-0.4, -0.2) is 26.7 Å². The molecular weight excluding hydrogens is 100 g/mol. The summed E-state index contributed by atoms with van der Waals surface area (Å²) >= 11 is 0. The van der Waals surface area contributed by atoms with Crippen LogP contribution in [0, 0.1) is 12.3 Å². The highest BCUT2D eigenvalue weighted by Crippen LogP contribution is 1.53. The first-order valence-electron chi connectivity index (χ1n) is 2.70. The van der Waals surface area contributed by atoms with Crippen molar-refractivity contribution in [2.45, 2.75) is 0 Å². The highest BCUT2D eigenvalue weighted by molar-refractivity contribution is 4.86. The molecule has 0 atom stereocenters. The summed E-state index contributed by atoms with van der Waals surface area (Å²) in [6, 6.07) is 0. The number of terminal acetylenes is 1. The fourth-order valence-corrected chi connectivity index (χ4v) is 0.374. The van der Waals surface area contributed by atoms with Crippen molar-refractivity contribution >= 4 is 0 Å². The van der Waals surface area contributed by atoms with E-state index in [2.05, 4.69) is 16.6 Å². The number of rotatable bonds is 4. The average molecular weight is 112 g/mol. The van der Waals surface area contributed by atoms with E-state index in [0.717, 1.165) is 13.1 Å². The molecule has 2 nitrogen and oxygen atoms in total. The summed E-state index contributed by atoms with van der Waals surface area (Å²) in [6.45, 7) is 2.59. The molecule has 0 radical (unpaired) electrons. The second-order valence-electron chi connectivity index (χ2n) is 1.48. The average Bonchev–Trinajstić information content (AvgIpc) is 1.81. The van der Waals surface area contributed by atoms with Gasteiger partial charge in [-0.25, -0.2) is 0 Å². The van der Waals surface area contributed by atoms with Crippen molar-refractivity contribution in [1.82, 2.24) is 10.6 Å². The number of hydrogen-bond acceptors (Lipinski definition) is 2. The van der Waals surface area contributed by atoms with Gasteiger partial charge >= 0.3 is 0 Å². The maximum Gasteiger partial charge on any atom is 0.0574 e. The lowest BCUT2D eigenvalue weighted by atomic mass is 10.6. The fraction of sp³-hybridized carbons (Fsp3) is 0.667. The Bertz CT molecular complexity index is 73.1. The quantitative estimate of drug-likeness (QED) is 0.376. The first-order chi connectivity index (χ1) is 3.91. The molecule has 46 valence electrons. The molecule has 0 saturated carbocycles. The third-order valence-corrected chi connectivity index (χ3v) is 0.779. The molecule has 0 heterocycles. The molecule has 0 aromatic carbocycles. The topological polar surface area (TPSA) is 24.1 Å². The summed E-state index contributed by atoms with van der Waals surface area (Å²) in [5.41, 5.74) is 0. The Labute approximate surface area is 50.7 Å². The third kappa shape index (κ3) is 5.48. The van der Waals surface area contributed by atoms with Crippen LogP contribution in [0.1, 0.15) is 0 Å². The van der Waals surface area contributed by atoms with Crippen LogP contribution in [0.5, 0.6) is 0 Å². The van der Waals surface area contributed by atoms with E-state index in [1.807, 2.05) is 7.05 Å². The smallest absolute Gasteiger partial charge is 0.0574 e. The molecule has 0 aromatic heterocycles. The van der Waals surface area contributed by atoms with Crippen LogP contribution in [0.2, 0.25) is 0 Å². The minimum absolute atomic E-state index is 0.668. The van der Waals surface area contributed by atoms with Crippen molar-refractivity contribution in [3.63, 3.8) is 0 Å². The minimum Gasteiger partial charge on any atom is -0.318 e. The monoisotopic (exact) mass is 112 g/mol. The standard InChI is InChI=1S/C6H12N2/c1-3-4-8-6-5-7-2/h1,7-8H,4-6H2,2H3. The van der Waals surface area contributed by atoms with Gasteiger partial charge in [0, 0.05) is 13.1 Å². The van der Waals surface area contributed by atoms with Gasteiger partial charge in [-0.3, -0.25) is 0 Å². The van der Waals surface area contributed by atoms with Gasteiger partial charge in [-0.05, 0) is 7.05 Å². The van der Waals surface area contributed by atoms with Crippen LogP contribution in [0.15, 0.2) is 0 Å². The number of nitrogens with one attached hydrogen (secondary N) is 2. The minimum atomic E-state index is 0.668. The van der Waals surface area contributed by atoms with Crippen molar-refractivity contribution in [3.8, 4) is 12.3 Å². The zero-order valence-electron chi connectivity index (χ0n) is 5.20. The molecule has 0 saturated heterocycles. The van der Waals surface area contributed by atoms with Gasteiger partial charge < -0.3 is 10.6 Å². The maximum absolute atomic E-state index is 4.98. The lowest BCUT2D eigenvalue weighted by Crippen LogP contribution is -2.24. The van der Waals surface area contributed by atoms with E-state index in [0.29, 0.717) is 6.54 Å². The molecule has 0 aliphatic heterocycles. The van der Waals surface area contributed by atoms with Gasteiger partial charge in [0.2, 0.25) is 0 Å². The zero-order chi connectivity index (χ0) is 6.24. The van der Waals surface area contributed by atoms with E-state index in [9.17, 15) is 0 Å². The Morgan fingerprint density at radius 1 is 1.50 bits per heavy atom. The molecule has 0 fully saturated rings. The molecule has 2 heteroatoms. The van der Waals surface area contributed by atoms with Gasteiger partial charge in [0.15, 0.2) is 0 Å². The summed E-state index contributed by atoms with van der Waals surface area (Å²) in [6.07, 6.45) is 4.98. The van der Waals surface area contributed by atoms with Crippen molar-refractivity contribution in [2.24, 2.45) is 0 Å². The summed E-state index contributed by atoms with van der Waals surface area (Å²) in [5.74, 6) is 2.49. The van der Waals surface area contributed by atoms with E-state index < -0.39 is 0 Å². The van der Waals surface area contributed by atoms with Crippen LogP contribution in [0.4, 0.5) is 0 Å². The highest BCUT2D eigenvalue weighted by Gasteiger charge is 1.77. The molecule has 0 spiro atoms. The van der Waals surface area contributed by atoms with Crippen molar-refractivity contribution < 1.29 is 0 Å². The zero-order valence-corrected chi connectivity index (χ0v) is 5.20. The SMILES string of the molecule is C#CCNCCNC. The van der Waals surface area contributed by atoms with E-state index in [1.165, 1.54) is 0 Å². The summed E-state index contributed by atoms with van der Waals surface area (Å²) in [7, 11) is 1.91. The van der Waals surface area contributed by atoms with E-state index in [-0.39, 0.29) is 0 Å². The maximum atomic E-state index is 4.98. The fourth-order valence-electron chi connectivity index (χ4n) is 0.374. The normalized spacial score (nSPS) is 8.50. The van der Waals surface area contributed by atoms with Crippen LogP contribution in [0.25, 0.3) is 0 Å². The number of hydrogen-bond donors (Lipinski definition) is 2. The lowest BCUT2D eigenvalue weighted by Gasteiger charge is -1.96. The molecule has 0 amide bonds. The van der Waals surface area contributed by atoms with Gasteiger partial charge in [0.25, 0.3) is 0 Å². The molecule has 0 aliphatic carbocycles. The van der Waals surface area contributed by atoms with E-state index in [1.54, 1.807) is 0 Å². The van der Waals surface area contributed by atoms with Crippen LogP contribution in [0.3, 0.4) is 0 Å². The van der Waals surface area contributed by atoms with Crippen molar-refractivity contribution in [3.05, 3.63) is 0 Å². The second kappa shape index (κ2) is 6.48. The highest BCUT2D eigenvalue weighted by atomic mass is 14.9.